The molecule has 1 heterocycles. The molecule has 3 aromatic rings. The Morgan fingerprint density at radius 1 is 1.00 bits per heavy atom. The molecule has 4 rings (SSSR count). The van der Waals surface area contributed by atoms with Crippen molar-refractivity contribution in [2.24, 2.45) is 0 Å². The molecule has 1 aliphatic rings. The molecule has 0 bridgehead atoms. The number of nitrogens with one attached hydrogen (secondary N) is 2. The molecule has 3 N–H and O–H groups in total. The number of hydrogen-bond donors (Lipinski definition) is 3. The summed E-state index contributed by atoms with van der Waals surface area (Å²) in [5.41, 5.74) is 4.34. The third-order valence-electron chi connectivity index (χ3n) is 6.82. The summed E-state index contributed by atoms with van der Waals surface area (Å²) in [4.78, 5) is 26.1. The van der Waals surface area contributed by atoms with Gasteiger partial charge >= 0.3 is 5.97 Å². The Morgan fingerprint density at radius 2 is 1.69 bits per heavy atom. The molecule has 0 spiro atoms. The molecule has 11 heteroatoms. The molecule has 1 amide bonds. The van der Waals surface area contributed by atoms with Gasteiger partial charge in [0.15, 0.2) is 0 Å². The molecule has 222 valence electrons. The number of likely N-dealkylation sites (N-methyl/N-ethyl adjacent to an activating group) is 1. The lowest BCUT2D eigenvalue weighted by molar-refractivity contribution is -0.137. The van der Waals surface area contributed by atoms with Crippen LogP contribution in [0.15, 0.2) is 66.7 Å². The van der Waals surface area contributed by atoms with Gasteiger partial charge in [0.05, 0.1) is 28.4 Å². The van der Waals surface area contributed by atoms with Gasteiger partial charge in [-0.15, -0.1) is 0 Å². The van der Waals surface area contributed by atoms with Crippen molar-refractivity contribution in [3.05, 3.63) is 89.2 Å². The van der Waals surface area contributed by atoms with Crippen LogP contribution in [0.5, 0.6) is 0 Å². The molecule has 0 aliphatic carbocycles. The van der Waals surface area contributed by atoms with Crippen LogP contribution in [0.25, 0.3) is 11.3 Å². The maximum Gasteiger partial charge on any atom is 0.303 e. The molecule has 3 aromatic carbocycles. The van der Waals surface area contributed by atoms with Crippen LogP contribution in [0.1, 0.15) is 36.5 Å². The number of rotatable bonds is 13. The minimum absolute atomic E-state index is 0.00122. The Kier molecular flexibility index (Phi) is 9.64. The largest absolute Gasteiger partial charge is 0.481 e. The number of carbonyl (C=O) groups excluding carboxylic acids is 1. The van der Waals surface area contributed by atoms with Gasteiger partial charge in [0.1, 0.15) is 5.82 Å². The van der Waals surface area contributed by atoms with Gasteiger partial charge in [-0.25, -0.2) is 12.8 Å². The number of aliphatic carboxylic acids is 1. The molecule has 9 nitrogen and oxygen atoms in total. The van der Waals surface area contributed by atoms with Crippen LogP contribution in [0.3, 0.4) is 0 Å². The fourth-order valence-electron chi connectivity index (χ4n) is 4.70. The molecule has 0 unspecified atom stereocenters. The highest BCUT2D eigenvalue weighted by molar-refractivity contribution is 7.92. The van der Waals surface area contributed by atoms with Crippen molar-refractivity contribution in [3.8, 4) is 0 Å². The number of sulfonamides is 1. The zero-order chi connectivity index (χ0) is 30.4. The maximum atomic E-state index is 13.9. The summed E-state index contributed by atoms with van der Waals surface area (Å²) in [7, 11) is 0.257. The SMILES string of the molecule is CCCS(=O)(=O)N(CCN(C)C)c1ccc(NC(=C2C(=O)Nc3cc(F)ccc32)c2ccc(CCC(=O)O)cc2)cc1. The highest BCUT2D eigenvalue weighted by atomic mass is 32.2. The van der Waals surface area contributed by atoms with Crippen molar-refractivity contribution in [3.63, 3.8) is 0 Å². The fraction of sp³-hybridized carbons (Fsp3) is 0.290. The summed E-state index contributed by atoms with van der Waals surface area (Å²) >= 11 is 0. The van der Waals surface area contributed by atoms with Gasteiger partial charge in [-0.05, 0) is 80.5 Å². The highest BCUT2D eigenvalue weighted by Gasteiger charge is 2.29. The third kappa shape index (κ3) is 7.34. The standard InChI is InChI=1S/C31H35FN4O5S/c1-4-19-42(40,41)36(18-17-35(2)3)25-13-11-24(12-14-25)33-30(22-8-5-21(6-9-22)7-16-28(37)38)29-26-15-10-23(32)20-27(26)34-31(29)39/h5-6,8-15,20,33H,4,7,16-19H2,1-3H3,(H,34,39)(H,37,38). The van der Waals surface area contributed by atoms with E-state index in [9.17, 15) is 22.4 Å². The van der Waals surface area contributed by atoms with E-state index in [0.717, 1.165) is 5.56 Å². The molecule has 1 aliphatic heterocycles. The number of carboxylic acids is 1. The molecular formula is C31H35FN4O5S. The van der Waals surface area contributed by atoms with E-state index in [1.807, 2.05) is 38.1 Å². The summed E-state index contributed by atoms with van der Waals surface area (Å²) in [6.07, 6.45) is 0.864. The second-order valence-corrected chi connectivity index (χ2v) is 12.4. The number of nitrogens with zero attached hydrogens (tertiary/aromatic N) is 2. The molecule has 0 radical (unpaired) electrons. The Bertz CT molecular complexity index is 1590. The van der Waals surface area contributed by atoms with E-state index in [1.165, 1.54) is 16.4 Å². The Hall–Kier alpha value is -4.22. The number of halogens is 1. The van der Waals surface area contributed by atoms with E-state index >= 15 is 0 Å². The van der Waals surface area contributed by atoms with E-state index < -0.39 is 27.7 Å². The Morgan fingerprint density at radius 3 is 2.31 bits per heavy atom. The number of anilines is 3. The molecule has 0 atom stereocenters. The smallest absolute Gasteiger partial charge is 0.303 e. The van der Waals surface area contributed by atoms with Gasteiger partial charge in [-0.2, -0.15) is 0 Å². The van der Waals surface area contributed by atoms with Gasteiger partial charge in [0.2, 0.25) is 10.0 Å². The molecule has 0 fully saturated rings. The zero-order valence-corrected chi connectivity index (χ0v) is 24.7. The quantitative estimate of drug-likeness (QED) is 0.241. The van der Waals surface area contributed by atoms with Gasteiger partial charge in [0, 0.05) is 30.8 Å². The molecule has 42 heavy (non-hydrogen) atoms. The average Bonchev–Trinajstić information content (AvgIpc) is 3.25. The van der Waals surface area contributed by atoms with Crippen molar-refractivity contribution < 1.29 is 27.5 Å². The van der Waals surface area contributed by atoms with Crippen LogP contribution in [-0.4, -0.2) is 63.2 Å². The number of fused-ring (bicyclic) bond motifs is 1. The summed E-state index contributed by atoms with van der Waals surface area (Å²) in [6, 6.07) is 18.3. The van der Waals surface area contributed by atoms with E-state index in [-0.39, 0.29) is 12.2 Å². The van der Waals surface area contributed by atoms with Crippen molar-refractivity contribution in [1.29, 1.82) is 0 Å². The van der Waals surface area contributed by atoms with E-state index in [1.54, 1.807) is 42.5 Å². The van der Waals surface area contributed by atoms with Crippen LogP contribution in [0.2, 0.25) is 0 Å². The molecular weight excluding hydrogens is 559 g/mol. The lowest BCUT2D eigenvalue weighted by Crippen LogP contribution is -2.38. The Labute approximate surface area is 245 Å². The first-order valence-electron chi connectivity index (χ1n) is 13.7. The third-order valence-corrected chi connectivity index (χ3v) is 8.81. The second-order valence-electron chi connectivity index (χ2n) is 10.3. The van der Waals surface area contributed by atoms with Crippen molar-refractivity contribution in [2.45, 2.75) is 26.2 Å². The second kappa shape index (κ2) is 13.2. The number of carbonyl (C=O) groups is 2. The van der Waals surface area contributed by atoms with Crippen molar-refractivity contribution in [1.82, 2.24) is 4.90 Å². The zero-order valence-electron chi connectivity index (χ0n) is 23.9. The fourth-order valence-corrected chi connectivity index (χ4v) is 6.24. The lowest BCUT2D eigenvalue weighted by Gasteiger charge is -2.26. The van der Waals surface area contributed by atoms with Gasteiger partial charge < -0.3 is 20.6 Å². The number of aryl methyl sites for hydroxylation is 1. The topological polar surface area (TPSA) is 119 Å². The predicted molar refractivity (Wildman–Crippen MR) is 164 cm³/mol. The van der Waals surface area contributed by atoms with Gasteiger partial charge in [-0.3, -0.25) is 13.9 Å². The Balaban J connectivity index is 1.72. The summed E-state index contributed by atoms with van der Waals surface area (Å²) in [5.74, 6) is -1.72. The first-order chi connectivity index (χ1) is 20.0. The van der Waals surface area contributed by atoms with E-state index in [0.29, 0.717) is 65.4 Å². The van der Waals surface area contributed by atoms with Crippen LogP contribution in [0, 0.1) is 5.82 Å². The molecule has 0 saturated heterocycles. The van der Waals surface area contributed by atoms with Crippen molar-refractivity contribution >= 4 is 50.2 Å². The highest BCUT2D eigenvalue weighted by Crippen LogP contribution is 2.38. The first-order valence-corrected chi connectivity index (χ1v) is 15.3. The first kappa shape index (κ1) is 30.7. The van der Waals surface area contributed by atoms with Crippen LogP contribution in [0.4, 0.5) is 21.5 Å². The monoisotopic (exact) mass is 594 g/mol. The molecule has 0 saturated carbocycles. The van der Waals surface area contributed by atoms with Crippen LogP contribution >= 0.6 is 0 Å². The minimum Gasteiger partial charge on any atom is -0.481 e. The minimum atomic E-state index is -3.52. The van der Waals surface area contributed by atoms with E-state index in [4.69, 9.17) is 5.11 Å². The summed E-state index contributed by atoms with van der Waals surface area (Å²) in [5, 5.41) is 15.1. The van der Waals surface area contributed by atoms with Gasteiger partial charge in [0.25, 0.3) is 5.91 Å². The normalized spacial score (nSPS) is 14.0. The average molecular weight is 595 g/mol. The number of benzene rings is 3. The molecule has 0 aromatic heterocycles. The summed E-state index contributed by atoms with van der Waals surface area (Å²) < 4.78 is 41.4. The lowest BCUT2D eigenvalue weighted by atomic mass is 9.98. The van der Waals surface area contributed by atoms with E-state index in [2.05, 4.69) is 10.6 Å². The van der Waals surface area contributed by atoms with Crippen molar-refractivity contribution in [2.75, 3.05) is 47.9 Å². The number of carboxylic acid groups (broad SMARTS) is 1. The predicted octanol–water partition coefficient (Wildman–Crippen LogP) is 4.88. The maximum absolute atomic E-state index is 13.9. The summed E-state index contributed by atoms with van der Waals surface area (Å²) in [6.45, 7) is 2.68. The van der Waals surface area contributed by atoms with Gasteiger partial charge in [-0.1, -0.05) is 31.2 Å². The number of amides is 1. The van der Waals surface area contributed by atoms with Crippen LogP contribution < -0.4 is 14.9 Å². The van der Waals surface area contributed by atoms with Crippen LogP contribution in [-0.2, 0) is 26.0 Å². The number of hydrogen-bond acceptors (Lipinski definition) is 6.